The molecule has 0 atom stereocenters. The van der Waals surface area contributed by atoms with E-state index in [0.717, 1.165) is 11.0 Å². The fraction of sp³-hybridized carbons (Fsp3) is 0.143. The largest absolute Gasteiger partial charge is 0.424 e. The third-order valence-corrected chi connectivity index (χ3v) is 6.25. The van der Waals surface area contributed by atoms with Crippen molar-refractivity contribution in [3.8, 4) is 11.8 Å². The van der Waals surface area contributed by atoms with Crippen molar-refractivity contribution in [1.82, 2.24) is 19.6 Å². The molecule has 1 aliphatic rings. The minimum Gasteiger partial charge on any atom is -0.424 e. The van der Waals surface area contributed by atoms with E-state index in [0.29, 0.717) is 0 Å². The lowest BCUT2D eigenvalue weighted by atomic mass is 10.1. The molecule has 11 heteroatoms. The van der Waals surface area contributed by atoms with E-state index in [1.54, 1.807) is 13.0 Å². The number of rotatable bonds is 7. The molecular weight excluding hydrogens is 439 g/mol. The maximum absolute atomic E-state index is 14.9. The van der Waals surface area contributed by atoms with Gasteiger partial charge >= 0.3 is 6.01 Å². The first kappa shape index (κ1) is 21.5. The van der Waals surface area contributed by atoms with Gasteiger partial charge in [-0.25, -0.2) is 27.5 Å². The van der Waals surface area contributed by atoms with Gasteiger partial charge in [0.1, 0.15) is 16.5 Å². The number of nitrogens with zero attached hydrogens (tertiary/aromatic N) is 3. The van der Waals surface area contributed by atoms with Gasteiger partial charge < -0.3 is 4.74 Å². The third-order valence-electron chi connectivity index (χ3n) is 4.69. The number of aromatic nitrogens is 2. The van der Waals surface area contributed by atoms with Crippen LogP contribution in [0.15, 0.2) is 59.8 Å². The summed E-state index contributed by atoms with van der Waals surface area (Å²) >= 11 is 0. The fourth-order valence-electron chi connectivity index (χ4n) is 3.24. The second-order valence-corrected chi connectivity index (χ2v) is 8.50. The molecule has 32 heavy (non-hydrogen) atoms. The van der Waals surface area contributed by atoms with E-state index >= 15 is 0 Å². The SMILES string of the molecule is CCNS(=O)(=O)c1cccc(CN2C(=O)c3ccc(Oc4ncccn4)cc3C2=O)c1F. The number of fused-ring (bicyclic) bond motifs is 1. The average molecular weight is 456 g/mol. The molecule has 3 aromatic rings. The maximum Gasteiger partial charge on any atom is 0.321 e. The van der Waals surface area contributed by atoms with Crippen LogP contribution in [0.25, 0.3) is 0 Å². The molecule has 2 aromatic carbocycles. The van der Waals surface area contributed by atoms with E-state index in [2.05, 4.69) is 14.7 Å². The van der Waals surface area contributed by atoms with Crippen LogP contribution in [-0.2, 0) is 16.6 Å². The Labute approximate surface area is 182 Å². The van der Waals surface area contributed by atoms with Crippen LogP contribution in [0.3, 0.4) is 0 Å². The van der Waals surface area contributed by atoms with Crippen molar-refractivity contribution in [3.63, 3.8) is 0 Å². The molecule has 164 valence electrons. The van der Waals surface area contributed by atoms with Crippen molar-refractivity contribution in [2.75, 3.05) is 6.54 Å². The molecule has 1 aromatic heterocycles. The Kier molecular flexibility index (Phi) is 5.68. The molecule has 9 nitrogen and oxygen atoms in total. The molecule has 1 aliphatic heterocycles. The van der Waals surface area contributed by atoms with Gasteiger partial charge in [-0.15, -0.1) is 0 Å². The number of sulfonamides is 1. The van der Waals surface area contributed by atoms with Crippen LogP contribution in [0.1, 0.15) is 33.2 Å². The van der Waals surface area contributed by atoms with E-state index in [4.69, 9.17) is 4.74 Å². The van der Waals surface area contributed by atoms with Gasteiger partial charge in [0, 0.05) is 24.5 Å². The highest BCUT2D eigenvalue weighted by molar-refractivity contribution is 7.89. The molecule has 0 fully saturated rings. The van der Waals surface area contributed by atoms with Crippen LogP contribution in [0.4, 0.5) is 4.39 Å². The van der Waals surface area contributed by atoms with Crippen LogP contribution in [-0.4, -0.2) is 41.6 Å². The molecule has 0 saturated carbocycles. The zero-order valence-corrected chi connectivity index (χ0v) is 17.6. The molecule has 0 unspecified atom stereocenters. The number of carbonyl (C=O) groups is 2. The smallest absolute Gasteiger partial charge is 0.321 e. The first-order valence-electron chi connectivity index (χ1n) is 9.54. The number of halogens is 1. The Hall–Kier alpha value is -3.70. The number of imide groups is 1. The molecule has 0 radical (unpaired) electrons. The van der Waals surface area contributed by atoms with E-state index in [1.165, 1.54) is 42.7 Å². The lowest BCUT2D eigenvalue weighted by Gasteiger charge is -2.16. The monoisotopic (exact) mass is 456 g/mol. The van der Waals surface area contributed by atoms with Gasteiger partial charge in [-0.3, -0.25) is 14.5 Å². The Balaban J connectivity index is 1.61. The number of hydrogen-bond acceptors (Lipinski definition) is 7. The highest BCUT2D eigenvalue weighted by Crippen LogP contribution is 2.30. The van der Waals surface area contributed by atoms with Gasteiger partial charge in [-0.2, -0.15) is 0 Å². The number of hydrogen-bond donors (Lipinski definition) is 1. The van der Waals surface area contributed by atoms with Crippen molar-refractivity contribution < 1.29 is 27.1 Å². The lowest BCUT2D eigenvalue weighted by molar-refractivity contribution is 0.0640. The normalized spacial score (nSPS) is 13.4. The first-order valence-corrected chi connectivity index (χ1v) is 11.0. The number of amides is 2. The van der Waals surface area contributed by atoms with Crippen molar-refractivity contribution in [3.05, 3.63) is 77.4 Å². The van der Waals surface area contributed by atoms with Gasteiger partial charge in [0.05, 0.1) is 17.7 Å². The van der Waals surface area contributed by atoms with Crippen molar-refractivity contribution >= 4 is 21.8 Å². The second kappa shape index (κ2) is 8.44. The summed E-state index contributed by atoms with van der Waals surface area (Å²) < 4.78 is 47.1. The standard InChI is InChI=1S/C21H17FN4O5S/c1-2-25-32(29,30)17-6-3-5-13(18(17)22)12-26-19(27)15-8-7-14(11-16(15)20(26)28)31-21-23-9-4-10-24-21/h3-11,25H,2,12H2,1H3. The molecule has 0 spiro atoms. The van der Waals surface area contributed by atoms with Gasteiger partial charge in [-0.05, 0) is 30.3 Å². The number of nitrogens with one attached hydrogen (secondary N) is 1. The van der Waals surface area contributed by atoms with Crippen LogP contribution in [0.2, 0.25) is 0 Å². The quantitative estimate of drug-likeness (QED) is 0.543. The molecule has 0 saturated heterocycles. The summed E-state index contributed by atoms with van der Waals surface area (Å²) in [5.41, 5.74) is 0.112. The van der Waals surface area contributed by atoms with E-state index in [-0.39, 0.29) is 35.0 Å². The van der Waals surface area contributed by atoms with Crippen molar-refractivity contribution in [2.24, 2.45) is 0 Å². The molecule has 2 heterocycles. The van der Waals surface area contributed by atoms with Crippen LogP contribution in [0, 0.1) is 5.82 Å². The number of benzene rings is 2. The van der Waals surface area contributed by atoms with Gasteiger partial charge in [-0.1, -0.05) is 19.1 Å². The van der Waals surface area contributed by atoms with E-state index < -0.39 is 39.1 Å². The van der Waals surface area contributed by atoms with Gasteiger partial charge in [0.15, 0.2) is 0 Å². The topological polar surface area (TPSA) is 119 Å². The molecule has 0 aliphatic carbocycles. The van der Waals surface area contributed by atoms with Crippen LogP contribution < -0.4 is 9.46 Å². The van der Waals surface area contributed by atoms with Crippen molar-refractivity contribution in [2.45, 2.75) is 18.4 Å². The molecule has 0 bridgehead atoms. The second-order valence-electron chi connectivity index (χ2n) is 6.77. The lowest BCUT2D eigenvalue weighted by Crippen LogP contribution is -2.30. The number of carbonyl (C=O) groups excluding carboxylic acids is 2. The molecular formula is C21H17FN4O5S. The van der Waals surface area contributed by atoms with E-state index in [9.17, 15) is 22.4 Å². The van der Waals surface area contributed by atoms with Crippen molar-refractivity contribution in [1.29, 1.82) is 0 Å². The van der Waals surface area contributed by atoms with Gasteiger partial charge in [0.25, 0.3) is 11.8 Å². The van der Waals surface area contributed by atoms with Gasteiger partial charge in [0.2, 0.25) is 10.0 Å². The summed E-state index contributed by atoms with van der Waals surface area (Å²) in [5, 5.41) is 0. The molecule has 1 N–H and O–H groups in total. The predicted octanol–water partition coefficient (Wildman–Crippen LogP) is 2.50. The Morgan fingerprint density at radius 3 is 2.47 bits per heavy atom. The summed E-state index contributed by atoms with van der Waals surface area (Å²) in [6.45, 7) is 1.23. The fourth-order valence-corrected chi connectivity index (χ4v) is 4.40. The Morgan fingerprint density at radius 1 is 1.03 bits per heavy atom. The highest BCUT2D eigenvalue weighted by atomic mass is 32.2. The Bertz CT molecular complexity index is 1320. The summed E-state index contributed by atoms with van der Waals surface area (Å²) in [6.07, 6.45) is 2.98. The maximum atomic E-state index is 14.9. The first-order chi connectivity index (χ1) is 15.3. The summed E-state index contributed by atoms with van der Waals surface area (Å²) in [4.78, 5) is 33.8. The summed E-state index contributed by atoms with van der Waals surface area (Å²) in [5.74, 6) is -2.03. The van der Waals surface area contributed by atoms with Crippen LogP contribution >= 0.6 is 0 Å². The third kappa shape index (κ3) is 3.95. The zero-order valence-electron chi connectivity index (χ0n) is 16.8. The Morgan fingerprint density at radius 2 is 1.75 bits per heavy atom. The minimum absolute atomic E-state index is 0.0712. The zero-order chi connectivity index (χ0) is 22.9. The summed E-state index contributed by atoms with van der Waals surface area (Å²) in [7, 11) is -4.05. The average Bonchev–Trinajstić information content (AvgIpc) is 3.00. The predicted molar refractivity (Wildman–Crippen MR) is 110 cm³/mol. The number of ether oxygens (including phenoxy) is 1. The molecule has 2 amide bonds. The van der Waals surface area contributed by atoms with Crippen LogP contribution in [0.5, 0.6) is 11.8 Å². The minimum atomic E-state index is -4.05. The highest BCUT2D eigenvalue weighted by Gasteiger charge is 2.36. The van der Waals surface area contributed by atoms with E-state index in [1.807, 2.05) is 0 Å². The summed E-state index contributed by atoms with van der Waals surface area (Å²) in [6, 6.07) is 9.79. The molecule has 4 rings (SSSR count).